The summed E-state index contributed by atoms with van der Waals surface area (Å²) in [5.74, 6) is -1.21. The molecule has 1 N–H and O–H groups in total. The minimum absolute atomic E-state index is 0.226. The zero-order valence-corrected chi connectivity index (χ0v) is 13.0. The first-order valence-corrected chi connectivity index (χ1v) is 7.26. The quantitative estimate of drug-likeness (QED) is 0.882. The fourth-order valence-corrected chi connectivity index (χ4v) is 2.20. The second-order valence-corrected chi connectivity index (χ2v) is 5.33. The molecule has 0 atom stereocenters. The van der Waals surface area contributed by atoms with Gasteiger partial charge in [-0.2, -0.15) is 0 Å². The van der Waals surface area contributed by atoms with Crippen molar-refractivity contribution >= 4 is 23.4 Å². The van der Waals surface area contributed by atoms with Crippen molar-refractivity contribution in [2.75, 3.05) is 7.05 Å². The number of rotatable bonds is 4. The van der Waals surface area contributed by atoms with Gasteiger partial charge in [0.2, 0.25) is 0 Å². The molecule has 2 aromatic carbocycles. The molecule has 0 radical (unpaired) electrons. The predicted octanol–water partition coefficient (Wildman–Crippen LogP) is 2.61. The lowest BCUT2D eigenvalue weighted by molar-refractivity contribution is -0.145. The summed E-state index contributed by atoms with van der Waals surface area (Å²) in [5, 5.41) is 3.15. The Hall–Kier alpha value is -2.33. The zero-order chi connectivity index (χ0) is 15.9. The highest BCUT2D eigenvalue weighted by atomic mass is 35.5. The van der Waals surface area contributed by atoms with Crippen LogP contribution in [0.25, 0.3) is 0 Å². The average Bonchev–Trinajstić information content (AvgIpc) is 2.54. The molecule has 0 aliphatic carbocycles. The molecule has 2 rings (SSSR count). The van der Waals surface area contributed by atoms with Crippen molar-refractivity contribution in [2.24, 2.45) is 0 Å². The summed E-state index contributed by atoms with van der Waals surface area (Å²) < 4.78 is 0. The molecule has 0 unspecified atom stereocenters. The number of nitrogens with zero attached hydrogens (tertiary/aromatic N) is 1. The van der Waals surface area contributed by atoms with Gasteiger partial charge >= 0.3 is 11.8 Å². The number of benzene rings is 2. The molecule has 2 amide bonds. The lowest BCUT2D eigenvalue weighted by Gasteiger charge is -2.16. The summed E-state index contributed by atoms with van der Waals surface area (Å²) in [6.07, 6.45) is 0. The first kappa shape index (κ1) is 16.0. The van der Waals surface area contributed by atoms with Crippen LogP contribution in [0.5, 0.6) is 0 Å². The Morgan fingerprint density at radius 2 is 1.68 bits per heavy atom. The fourth-order valence-electron chi connectivity index (χ4n) is 2.00. The van der Waals surface area contributed by atoms with Gasteiger partial charge in [0.05, 0.1) is 0 Å². The molecule has 22 heavy (non-hydrogen) atoms. The number of halogens is 1. The Kier molecular flexibility index (Phi) is 5.55. The minimum atomic E-state index is -0.640. The van der Waals surface area contributed by atoms with Crippen molar-refractivity contribution in [1.82, 2.24) is 10.2 Å². The molecule has 0 saturated heterocycles. The van der Waals surface area contributed by atoms with E-state index in [1.165, 1.54) is 4.90 Å². The highest BCUT2D eigenvalue weighted by Gasteiger charge is 2.18. The van der Waals surface area contributed by atoms with Crippen molar-refractivity contribution in [3.63, 3.8) is 0 Å². The van der Waals surface area contributed by atoms with Crippen LogP contribution in [-0.2, 0) is 22.7 Å². The van der Waals surface area contributed by atoms with Crippen molar-refractivity contribution in [1.29, 1.82) is 0 Å². The first-order valence-electron chi connectivity index (χ1n) is 6.88. The Morgan fingerprint density at radius 3 is 2.36 bits per heavy atom. The van der Waals surface area contributed by atoms with Crippen molar-refractivity contribution in [3.8, 4) is 0 Å². The summed E-state index contributed by atoms with van der Waals surface area (Å²) >= 11 is 6.01. The molecule has 0 fully saturated rings. The number of carbonyl (C=O) groups is 2. The summed E-state index contributed by atoms with van der Waals surface area (Å²) in [7, 11) is 1.60. The van der Waals surface area contributed by atoms with Crippen LogP contribution in [0, 0.1) is 0 Å². The highest BCUT2D eigenvalue weighted by molar-refractivity contribution is 6.35. The van der Waals surface area contributed by atoms with E-state index < -0.39 is 11.8 Å². The number of nitrogens with one attached hydrogen (secondary N) is 1. The molecule has 0 bridgehead atoms. The Bertz CT molecular complexity index is 659. The monoisotopic (exact) mass is 316 g/mol. The van der Waals surface area contributed by atoms with E-state index in [2.05, 4.69) is 5.32 Å². The van der Waals surface area contributed by atoms with E-state index in [1.54, 1.807) is 19.2 Å². The predicted molar refractivity (Wildman–Crippen MR) is 86.2 cm³/mol. The van der Waals surface area contributed by atoms with Crippen molar-refractivity contribution in [3.05, 3.63) is 70.7 Å². The molecule has 5 heteroatoms. The maximum Gasteiger partial charge on any atom is 0.311 e. The van der Waals surface area contributed by atoms with Crippen molar-refractivity contribution < 1.29 is 9.59 Å². The van der Waals surface area contributed by atoms with Gasteiger partial charge in [0.1, 0.15) is 0 Å². The maximum atomic E-state index is 12.0. The SMILES string of the molecule is CN(Cc1ccccc1)C(=O)C(=O)NCc1ccccc1Cl. The Balaban J connectivity index is 1.89. The summed E-state index contributed by atoms with van der Waals surface area (Å²) in [4.78, 5) is 25.3. The van der Waals surface area contributed by atoms with Gasteiger partial charge in [-0.15, -0.1) is 0 Å². The molecule has 0 aliphatic heterocycles. The second kappa shape index (κ2) is 7.61. The number of likely N-dealkylation sites (N-methyl/N-ethyl adjacent to an activating group) is 1. The van der Waals surface area contributed by atoms with Crippen LogP contribution in [0.3, 0.4) is 0 Å². The molecule has 0 aliphatic rings. The van der Waals surface area contributed by atoms with Gasteiger partial charge < -0.3 is 10.2 Å². The largest absolute Gasteiger partial charge is 0.344 e. The average molecular weight is 317 g/mol. The van der Waals surface area contributed by atoms with Crippen molar-refractivity contribution in [2.45, 2.75) is 13.1 Å². The summed E-state index contributed by atoms with van der Waals surface area (Å²) in [5.41, 5.74) is 1.74. The van der Waals surface area contributed by atoms with E-state index in [0.717, 1.165) is 11.1 Å². The normalized spacial score (nSPS) is 10.1. The second-order valence-electron chi connectivity index (χ2n) is 4.92. The van der Waals surface area contributed by atoms with Gasteiger partial charge in [-0.05, 0) is 17.2 Å². The standard InChI is InChI=1S/C17H17ClN2O2/c1-20(12-13-7-3-2-4-8-13)17(22)16(21)19-11-14-9-5-6-10-15(14)18/h2-10H,11-12H2,1H3,(H,19,21). The van der Waals surface area contributed by atoms with Crippen LogP contribution in [0.4, 0.5) is 0 Å². The lowest BCUT2D eigenvalue weighted by Crippen LogP contribution is -2.40. The van der Waals surface area contributed by atoms with E-state index in [4.69, 9.17) is 11.6 Å². The number of hydrogen-bond donors (Lipinski definition) is 1. The first-order chi connectivity index (χ1) is 10.6. The van der Waals surface area contributed by atoms with Crippen LogP contribution in [0.2, 0.25) is 5.02 Å². The van der Waals surface area contributed by atoms with E-state index in [9.17, 15) is 9.59 Å². The van der Waals surface area contributed by atoms with E-state index in [0.29, 0.717) is 11.6 Å². The highest BCUT2D eigenvalue weighted by Crippen LogP contribution is 2.14. The number of amides is 2. The van der Waals surface area contributed by atoms with Crippen LogP contribution < -0.4 is 5.32 Å². The van der Waals surface area contributed by atoms with Crippen LogP contribution in [0.1, 0.15) is 11.1 Å². The molecular weight excluding hydrogens is 300 g/mol. The number of carbonyl (C=O) groups excluding carboxylic acids is 2. The zero-order valence-electron chi connectivity index (χ0n) is 12.3. The smallest absolute Gasteiger partial charge is 0.311 e. The maximum absolute atomic E-state index is 12.0. The van der Waals surface area contributed by atoms with E-state index >= 15 is 0 Å². The molecule has 114 valence electrons. The third-order valence-electron chi connectivity index (χ3n) is 3.20. The molecule has 4 nitrogen and oxygen atoms in total. The minimum Gasteiger partial charge on any atom is -0.344 e. The fraction of sp³-hybridized carbons (Fsp3) is 0.176. The van der Waals surface area contributed by atoms with Crippen LogP contribution in [-0.4, -0.2) is 23.8 Å². The topological polar surface area (TPSA) is 49.4 Å². The molecule has 0 saturated carbocycles. The Labute approximate surface area is 134 Å². The van der Waals surface area contributed by atoms with Gasteiger partial charge in [-0.1, -0.05) is 60.1 Å². The Morgan fingerprint density at radius 1 is 1.05 bits per heavy atom. The van der Waals surface area contributed by atoms with E-state index in [-0.39, 0.29) is 6.54 Å². The van der Waals surface area contributed by atoms with Gasteiger partial charge in [-0.25, -0.2) is 0 Å². The lowest BCUT2D eigenvalue weighted by atomic mass is 10.2. The van der Waals surface area contributed by atoms with Gasteiger partial charge in [0, 0.05) is 25.2 Å². The van der Waals surface area contributed by atoms with E-state index in [1.807, 2.05) is 42.5 Å². The number of hydrogen-bond acceptors (Lipinski definition) is 2. The molecule has 2 aromatic rings. The summed E-state index contributed by atoms with van der Waals surface area (Å²) in [6.45, 7) is 0.614. The van der Waals surface area contributed by atoms with Gasteiger partial charge in [0.25, 0.3) is 0 Å². The molecule has 0 aromatic heterocycles. The third-order valence-corrected chi connectivity index (χ3v) is 3.57. The molecule has 0 spiro atoms. The third kappa shape index (κ3) is 4.33. The van der Waals surface area contributed by atoms with Gasteiger partial charge in [-0.3, -0.25) is 9.59 Å². The van der Waals surface area contributed by atoms with Crippen LogP contribution >= 0.6 is 11.6 Å². The van der Waals surface area contributed by atoms with Gasteiger partial charge in [0.15, 0.2) is 0 Å². The summed E-state index contributed by atoms with van der Waals surface area (Å²) in [6, 6.07) is 16.7. The molecule has 0 heterocycles. The van der Waals surface area contributed by atoms with Crippen LogP contribution in [0.15, 0.2) is 54.6 Å². The molecular formula is C17H17ClN2O2.